The minimum atomic E-state index is -0.0877. The number of likely N-dealkylation sites (tertiary alicyclic amines) is 1. The molecule has 0 bridgehead atoms. The van der Waals surface area contributed by atoms with Crippen molar-refractivity contribution in [2.45, 2.75) is 38.8 Å². The molecule has 3 aromatic rings. The molecule has 0 unspecified atom stereocenters. The van der Waals surface area contributed by atoms with Gasteiger partial charge in [-0.2, -0.15) is 5.10 Å². The molecule has 4 rings (SSSR count). The number of carbonyl (C=O) groups is 1. The molecule has 146 valence electrons. The summed E-state index contributed by atoms with van der Waals surface area (Å²) in [4.78, 5) is 19.7. The first-order valence-corrected chi connectivity index (χ1v) is 10.6. The molecule has 3 heterocycles. The average Bonchev–Trinajstić information content (AvgIpc) is 3.38. The van der Waals surface area contributed by atoms with E-state index in [2.05, 4.69) is 39.2 Å². The van der Waals surface area contributed by atoms with Crippen LogP contribution in [-0.2, 0) is 0 Å². The molecule has 1 fully saturated rings. The second kappa shape index (κ2) is 8.24. The maximum Gasteiger partial charge on any atom is 0.270 e. The van der Waals surface area contributed by atoms with Crippen LogP contribution in [0.25, 0.3) is 21.8 Å². The second-order valence-electron chi connectivity index (χ2n) is 7.44. The van der Waals surface area contributed by atoms with Crippen molar-refractivity contribution in [1.29, 1.82) is 0 Å². The van der Waals surface area contributed by atoms with Gasteiger partial charge in [-0.15, -0.1) is 11.3 Å². The van der Waals surface area contributed by atoms with Crippen molar-refractivity contribution in [3.8, 4) is 21.8 Å². The summed E-state index contributed by atoms with van der Waals surface area (Å²) in [6, 6.07) is 10.8. The number of nitrogens with one attached hydrogen (secondary N) is 2. The van der Waals surface area contributed by atoms with Crippen molar-refractivity contribution in [3.63, 3.8) is 0 Å². The third-order valence-corrected chi connectivity index (χ3v) is 6.14. The topological polar surface area (TPSA) is 73.9 Å². The molecule has 2 N–H and O–H groups in total. The van der Waals surface area contributed by atoms with E-state index in [1.165, 1.54) is 11.3 Å². The highest BCUT2D eigenvalue weighted by Gasteiger charge is 2.23. The van der Waals surface area contributed by atoms with E-state index in [9.17, 15) is 4.79 Å². The summed E-state index contributed by atoms with van der Waals surface area (Å²) in [5.74, 6) is -0.0877. The van der Waals surface area contributed by atoms with Crippen LogP contribution < -0.4 is 5.32 Å². The zero-order valence-corrected chi connectivity index (χ0v) is 17.0. The van der Waals surface area contributed by atoms with Crippen LogP contribution in [-0.4, -0.2) is 51.2 Å². The van der Waals surface area contributed by atoms with E-state index >= 15 is 0 Å². The van der Waals surface area contributed by atoms with Gasteiger partial charge in [0, 0.05) is 36.1 Å². The lowest BCUT2D eigenvalue weighted by atomic mass is 10.0. The molecule has 1 aliphatic rings. The van der Waals surface area contributed by atoms with Crippen LogP contribution in [0.3, 0.4) is 0 Å². The summed E-state index contributed by atoms with van der Waals surface area (Å²) in [5.41, 5.74) is 3.36. The fraction of sp³-hybridized carbons (Fsp3) is 0.381. The number of hydrogen-bond acceptors (Lipinski definition) is 5. The largest absolute Gasteiger partial charge is 0.348 e. The molecule has 28 heavy (non-hydrogen) atoms. The van der Waals surface area contributed by atoms with Crippen molar-refractivity contribution < 1.29 is 4.79 Å². The molecule has 6 nitrogen and oxygen atoms in total. The Hall–Kier alpha value is -2.51. The Morgan fingerprint density at radius 2 is 2.00 bits per heavy atom. The molecule has 1 aliphatic heterocycles. The van der Waals surface area contributed by atoms with Crippen LogP contribution in [0.1, 0.15) is 37.2 Å². The molecule has 7 heteroatoms. The smallest absolute Gasteiger partial charge is 0.270 e. The standard InChI is InChI=1S/C21H25N5OS/c1-14(2)26-10-8-16(9-11-26)23-20(27)18-13-28-21(24-18)17-12-22-25-19(17)15-6-4-3-5-7-15/h3-7,12-14,16H,8-11H2,1-2H3,(H,22,25)(H,23,27). The van der Waals surface area contributed by atoms with Crippen LogP contribution >= 0.6 is 11.3 Å². The van der Waals surface area contributed by atoms with E-state index in [1.807, 2.05) is 35.7 Å². The van der Waals surface area contributed by atoms with Gasteiger partial charge in [0.1, 0.15) is 10.7 Å². The molecule has 2 aromatic heterocycles. The summed E-state index contributed by atoms with van der Waals surface area (Å²) in [6.07, 6.45) is 3.74. The van der Waals surface area contributed by atoms with E-state index in [4.69, 9.17) is 0 Å². The first kappa shape index (κ1) is 18.8. The highest BCUT2D eigenvalue weighted by atomic mass is 32.1. The number of thiazole rings is 1. The van der Waals surface area contributed by atoms with Crippen LogP contribution in [0.2, 0.25) is 0 Å². The molecule has 0 aliphatic carbocycles. The number of nitrogens with zero attached hydrogens (tertiary/aromatic N) is 3. The summed E-state index contributed by atoms with van der Waals surface area (Å²) in [6.45, 7) is 6.49. The monoisotopic (exact) mass is 395 g/mol. The van der Waals surface area contributed by atoms with Crippen molar-refractivity contribution in [2.24, 2.45) is 0 Å². The predicted molar refractivity (Wildman–Crippen MR) is 112 cm³/mol. The molecule has 1 aromatic carbocycles. The van der Waals surface area contributed by atoms with Gasteiger partial charge in [-0.1, -0.05) is 30.3 Å². The van der Waals surface area contributed by atoms with E-state index in [1.54, 1.807) is 6.20 Å². The molecule has 0 saturated carbocycles. The normalized spacial score (nSPS) is 15.8. The first-order valence-electron chi connectivity index (χ1n) is 9.71. The van der Waals surface area contributed by atoms with Gasteiger partial charge in [-0.25, -0.2) is 4.98 Å². The Kier molecular flexibility index (Phi) is 5.54. The predicted octanol–water partition coefficient (Wildman–Crippen LogP) is 3.80. The summed E-state index contributed by atoms with van der Waals surface area (Å²) in [5, 5.41) is 13.0. The number of carbonyl (C=O) groups excluding carboxylic acids is 1. The van der Waals surface area contributed by atoms with Crippen molar-refractivity contribution >= 4 is 17.2 Å². The quantitative estimate of drug-likeness (QED) is 0.689. The van der Waals surface area contributed by atoms with Gasteiger partial charge in [-0.05, 0) is 26.7 Å². The lowest BCUT2D eigenvalue weighted by Gasteiger charge is -2.34. The van der Waals surface area contributed by atoms with Gasteiger partial charge in [-0.3, -0.25) is 9.89 Å². The SMILES string of the molecule is CC(C)N1CCC(NC(=O)c2csc(-c3cn[nH]c3-c3ccccc3)n2)CC1. The lowest BCUT2D eigenvalue weighted by Crippen LogP contribution is -2.46. The minimum absolute atomic E-state index is 0.0877. The Morgan fingerprint density at radius 1 is 1.25 bits per heavy atom. The Balaban J connectivity index is 1.44. The number of H-pyrrole nitrogens is 1. The average molecular weight is 396 g/mol. The fourth-order valence-corrected chi connectivity index (χ4v) is 4.41. The van der Waals surface area contributed by atoms with Crippen LogP contribution in [0.15, 0.2) is 41.9 Å². The Bertz CT molecular complexity index is 925. The van der Waals surface area contributed by atoms with Crippen LogP contribution in [0.5, 0.6) is 0 Å². The zero-order chi connectivity index (χ0) is 19.5. The van der Waals surface area contributed by atoms with Gasteiger partial charge in [0.2, 0.25) is 0 Å². The maximum absolute atomic E-state index is 12.7. The number of aromatic nitrogens is 3. The number of piperidine rings is 1. The van der Waals surface area contributed by atoms with Gasteiger partial charge in [0.25, 0.3) is 5.91 Å². The van der Waals surface area contributed by atoms with Gasteiger partial charge in [0.05, 0.1) is 17.5 Å². The van der Waals surface area contributed by atoms with Gasteiger partial charge in [0.15, 0.2) is 0 Å². The molecule has 1 amide bonds. The highest BCUT2D eigenvalue weighted by Crippen LogP contribution is 2.32. The maximum atomic E-state index is 12.7. The number of rotatable bonds is 5. The molecule has 0 spiro atoms. The summed E-state index contributed by atoms with van der Waals surface area (Å²) in [7, 11) is 0. The summed E-state index contributed by atoms with van der Waals surface area (Å²) < 4.78 is 0. The Morgan fingerprint density at radius 3 is 2.71 bits per heavy atom. The number of benzene rings is 1. The number of hydrogen-bond donors (Lipinski definition) is 2. The van der Waals surface area contributed by atoms with E-state index in [-0.39, 0.29) is 11.9 Å². The molecular weight excluding hydrogens is 370 g/mol. The van der Waals surface area contributed by atoms with E-state index < -0.39 is 0 Å². The van der Waals surface area contributed by atoms with Crippen LogP contribution in [0.4, 0.5) is 0 Å². The van der Waals surface area contributed by atoms with Gasteiger partial charge >= 0.3 is 0 Å². The molecular formula is C21H25N5OS. The molecule has 0 radical (unpaired) electrons. The second-order valence-corrected chi connectivity index (χ2v) is 8.30. The number of aromatic amines is 1. The third kappa shape index (κ3) is 4.00. The molecule has 0 atom stereocenters. The third-order valence-electron chi connectivity index (χ3n) is 5.26. The summed E-state index contributed by atoms with van der Waals surface area (Å²) >= 11 is 1.47. The number of amides is 1. The van der Waals surface area contributed by atoms with Crippen molar-refractivity contribution in [2.75, 3.05) is 13.1 Å². The Labute approximate surface area is 169 Å². The molecule has 1 saturated heterocycles. The van der Waals surface area contributed by atoms with E-state index in [0.29, 0.717) is 11.7 Å². The van der Waals surface area contributed by atoms with Crippen molar-refractivity contribution in [1.82, 2.24) is 25.4 Å². The van der Waals surface area contributed by atoms with Crippen LogP contribution in [0, 0.1) is 0 Å². The zero-order valence-electron chi connectivity index (χ0n) is 16.2. The first-order chi connectivity index (χ1) is 13.6. The van der Waals surface area contributed by atoms with Crippen molar-refractivity contribution in [3.05, 3.63) is 47.6 Å². The van der Waals surface area contributed by atoms with E-state index in [0.717, 1.165) is 47.8 Å². The fourth-order valence-electron chi connectivity index (χ4n) is 3.59. The highest BCUT2D eigenvalue weighted by molar-refractivity contribution is 7.13. The lowest BCUT2D eigenvalue weighted by molar-refractivity contribution is 0.0896. The minimum Gasteiger partial charge on any atom is -0.348 e. The van der Waals surface area contributed by atoms with Gasteiger partial charge < -0.3 is 10.2 Å².